The average Bonchev–Trinajstić information content (AvgIpc) is 2.84. The van der Waals surface area contributed by atoms with Crippen molar-refractivity contribution in [2.24, 2.45) is 4.99 Å². The van der Waals surface area contributed by atoms with Crippen LogP contribution in [0.15, 0.2) is 54.0 Å². The normalized spacial score (nSPS) is 11.5. The molecule has 0 N–H and O–H groups in total. The molecule has 6 heteroatoms. The third-order valence-corrected chi connectivity index (χ3v) is 4.86. The number of aliphatic imine (C=N–C) groups is 1. The molecule has 0 aliphatic rings. The highest BCUT2D eigenvalue weighted by Gasteiger charge is 2.14. The van der Waals surface area contributed by atoms with Crippen molar-refractivity contribution >= 4 is 17.4 Å². The lowest BCUT2D eigenvalue weighted by atomic mass is 9.98. The number of nitrogens with zero attached hydrogens (tertiary/aromatic N) is 2. The molecule has 0 amide bonds. The van der Waals surface area contributed by atoms with Gasteiger partial charge in [-0.05, 0) is 60.7 Å². The lowest BCUT2D eigenvalue weighted by Gasteiger charge is -2.13. The fourth-order valence-electron chi connectivity index (χ4n) is 3.17. The Morgan fingerprint density at radius 1 is 0.906 bits per heavy atom. The number of allylic oxidation sites excluding steroid dienone is 2. The number of rotatable bonds is 12. The van der Waals surface area contributed by atoms with E-state index in [9.17, 15) is 5.26 Å². The first kappa shape index (κ1) is 24.5. The molecule has 32 heavy (non-hydrogen) atoms. The van der Waals surface area contributed by atoms with Gasteiger partial charge >= 0.3 is 0 Å². The second-order valence-electron chi connectivity index (χ2n) is 6.87. The number of benzene rings is 2. The molecular formula is C26H30N2O4. The van der Waals surface area contributed by atoms with Crippen molar-refractivity contribution in [2.45, 2.75) is 19.3 Å². The van der Waals surface area contributed by atoms with E-state index in [1.54, 1.807) is 28.4 Å². The van der Waals surface area contributed by atoms with Crippen LogP contribution in [0.5, 0.6) is 23.0 Å². The van der Waals surface area contributed by atoms with E-state index in [1.165, 1.54) is 0 Å². The minimum absolute atomic E-state index is 0.352. The maximum Gasteiger partial charge on any atom is 0.161 e. The lowest BCUT2D eigenvalue weighted by Crippen LogP contribution is -2.02. The molecule has 168 valence electrons. The summed E-state index contributed by atoms with van der Waals surface area (Å²) in [4.78, 5) is 4.59. The smallest absolute Gasteiger partial charge is 0.161 e. The van der Waals surface area contributed by atoms with Crippen LogP contribution in [0.25, 0.3) is 11.6 Å². The Hall–Kier alpha value is -3.72. The number of unbranched alkanes of at least 4 members (excludes halogenated alkanes) is 2. The van der Waals surface area contributed by atoms with Gasteiger partial charge in [0.1, 0.15) is 11.8 Å². The van der Waals surface area contributed by atoms with Gasteiger partial charge in [-0.2, -0.15) is 5.26 Å². The average molecular weight is 435 g/mol. The maximum atomic E-state index is 9.91. The van der Waals surface area contributed by atoms with Crippen LogP contribution in [-0.2, 0) is 0 Å². The van der Waals surface area contributed by atoms with E-state index in [0.717, 1.165) is 30.4 Å². The van der Waals surface area contributed by atoms with E-state index in [2.05, 4.69) is 17.6 Å². The molecule has 2 rings (SSSR count). The van der Waals surface area contributed by atoms with Crippen molar-refractivity contribution in [1.82, 2.24) is 0 Å². The predicted octanol–water partition coefficient (Wildman–Crippen LogP) is 5.58. The summed E-state index contributed by atoms with van der Waals surface area (Å²) in [6.45, 7) is 4.31. The third kappa shape index (κ3) is 6.39. The second-order valence-corrected chi connectivity index (χ2v) is 6.87. The standard InChI is InChI=1S/C26H30N2O4/c1-6-7-8-9-14-28-22(18-27)21(20-11-13-24(30-3)26(17-20)32-5)15-19-10-12-23(29-2)25(16-19)31-4/h6,10-13,15-17H,1,7-9,14H2,2-5H3/b21-15+,28-22-. The second kappa shape index (κ2) is 12.9. The molecule has 0 saturated heterocycles. The number of hydrogen-bond acceptors (Lipinski definition) is 6. The lowest BCUT2D eigenvalue weighted by molar-refractivity contribution is 0.355. The van der Waals surface area contributed by atoms with Crippen molar-refractivity contribution < 1.29 is 18.9 Å². The molecule has 0 spiro atoms. The van der Waals surface area contributed by atoms with E-state index < -0.39 is 0 Å². The summed E-state index contributed by atoms with van der Waals surface area (Å²) < 4.78 is 21.6. The number of methoxy groups -OCH3 is 4. The Bertz CT molecular complexity index is 1020. The first-order valence-electron chi connectivity index (χ1n) is 10.3. The van der Waals surface area contributed by atoms with Crippen LogP contribution >= 0.6 is 0 Å². The molecule has 0 heterocycles. The zero-order valence-electron chi connectivity index (χ0n) is 19.2. The van der Waals surface area contributed by atoms with Gasteiger partial charge in [0.2, 0.25) is 0 Å². The Balaban J connectivity index is 2.56. The number of nitriles is 1. The van der Waals surface area contributed by atoms with E-state index in [1.807, 2.05) is 48.6 Å². The van der Waals surface area contributed by atoms with Crippen molar-refractivity contribution in [3.8, 4) is 29.1 Å². The van der Waals surface area contributed by atoms with Gasteiger partial charge in [-0.1, -0.05) is 18.2 Å². The summed E-state index contributed by atoms with van der Waals surface area (Å²) in [6, 6.07) is 13.4. The molecular weight excluding hydrogens is 404 g/mol. The SMILES string of the molecule is C=CCCCC/N=C(C#N)\C(=C\c1ccc(OC)c(OC)c1)c1ccc(OC)c(OC)c1. The fraction of sp³-hybridized carbons (Fsp3) is 0.308. The van der Waals surface area contributed by atoms with Gasteiger partial charge < -0.3 is 18.9 Å². The van der Waals surface area contributed by atoms with Gasteiger partial charge in [0, 0.05) is 12.1 Å². The number of hydrogen-bond donors (Lipinski definition) is 0. The molecule has 0 radical (unpaired) electrons. The Labute approximate surface area is 190 Å². The molecule has 0 unspecified atom stereocenters. The molecule has 0 atom stereocenters. The molecule has 6 nitrogen and oxygen atoms in total. The minimum Gasteiger partial charge on any atom is -0.493 e. The molecule has 0 aromatic heterocycles. The summed E-state index contributed by atoms with van der Waals surface area (Å²) in [7, 11) is 6.35. The molecule has 2 aromatic rings. The molecule has 2 aromatic carbocycles. The highest BCUT2D eigenvalue weighted by molar-refractivity contribution is 6.34. The minimum atomic E-state index is 0.352. The largest absolute Gasteiger partial charge is 0.493 e. The summed E-state index contributed by atoms with van der Waals surface area (Å²) >= 11 is 0. The zero-order chi connectivity index (χ0) is 23.3. The van der Waals surface area contributed by atoms with Crippen molar-refractivity contribution in [3.05, 3.63) is 60.2 Å². The first-order valence-corrected chi connectivity index (χ1v) is 10.3. The highest BCUT2D eigenvalue weighted by atomic mass is 16.5. The van der Waals surface area contributed by atoms with Crippen LogP contribution in [-0.4, -0.2) is 40.7 Å². The van der Waals surface area contributed by atoms with E-state index in [4.69, 9.17) is 18.9 Å². The van der Waals surface area contributed by atoms with E-state index in [0.29, 0.717) is 40.8 Å². The summed E-state index contributed by atoms with van der Waals surface area (Å²) in [6.07, 6.45) is 6.60. The van der Waals surface area contributed by atoms with Gasteiger partial charge in [0.25, 0.3) is 0 Å². The van der Waals surface area contributed by atoms with Gasteiger partial charge in [-0.25, -0.2) is 0 Å². The van der Waals surface area contributed by atoms with Gasteiger partial charge in [-0.3, -0.25) is 4.99 Å². The van der Waals surface area contributed by atoms with E-state index in [-0.39, 0.29) is 0 Å². The predicted molar refractivity (Wildman–Crippen MR) is 129 cm³/mol. The number of ether oxygens (including phenoxy) is 4. The van der Waals surface area contributed by atoms with Crippen molar-refractivity contribution in [3.63, 3.8) is 0 Å². The Kier molecular flexibility index (Phi) is 9.86. The Morgan fingerprint density at radius 2 is 1.53 bits per heavy atom. The molecule has 0 aliphatic heterocycles. The van der Waals surface area contributed by atoms with Gasteiger partial charge in [-0.15, -0.1) is 6.58 Å². The quantitative estimate of drug-likeness (QED) is 0.189. The molecule has 0 fully saturated rings. The topological polar surface area (TPSA) is 73.1 Å². The monoisotopic (exact) mass is 434 g/mol. The van der Waals surface area contributed by atoms with Crippen LogP contribution in [0.4, 0.5) is 0 Å². The molecule has 0 aliphatic carbocycles. The van der Waals surface area contributed by atoms with Gasteiger partial charge in [0.05, 0.1) is 28.4 Å². The van der Waals surface area contributed by atoms with Crippen molar-refractivity contribution in [1.29, 1.82) is 5.26 Å². The molecule has 0 saturated carbocycles. The van der Waals surface area contributed by atoms with Crippen LogP contribution < -0.4 is 18.9 Å². The maximum absolute atomic E-state index is 9.91. The van der Waals surface area contributed by atoms with Gasteiger partial charge in [0.15, 0.2) is 23.0 Å². The van der Waals surface area contributed by atoms with Crippen LogP contribution in [0.2, 0.25) is 0 Å². The van der Waals surface area contributed by atoms with Crippen LogP contribution in [0.1, 0.15) is 30.4 Å². The summed E-state index contributed by atoms with van der Waals surface area (Å²) in [5.74, 6) is 2.43. The van der Waals surface area contributed by atoms with E-state index >= 15 is 0 Å². The molecule has 0 bridgehead atoms. The zero-order valence-corrected chi connectivity index (χ0v) is 19.2. The summed E-state index contributed by atoms with van der Waals surface area (Å²) in [5, 5.41) is 9.91. The van der Waals surface area contributed by atoms with Crippen molar-refractivity contribution in [2.75, 3.05) is 35.0 Å². The highest BCUT2D eigenvalue weighted by Crippen LogP contribution is 2.33. The van der Waals surface area contributed by atoms with Crippen LogP contribution in [0.3, 0.4) is 0 Å². The first-order chi connectivity index (χ1) is 15.6. The Morgan fingerprint density at radius 3 is 2.12 bits per heavy atom. The summed E-state index contributed by atoms with van der Waals surface area (Å²) in [5.41, 5.74) is 2.68. The third-order valence-electron chi connectivity index (χ3n) is 4.86. The fourth-order valence-corrected chi connectivity index (χ4v) is 3.17. The van der Waals surface area contributed by atoms with Crippen LogP contribution in [0, 0.1) is 11.3 Å².